The van der Waals surface area contributed by atoms with Gasteiger partial charge in [0, 0.05) is 16.7 Å². The molecule has 3 aromatic carbocycles. The Morgan fingerprint density at radius 3 is 2.56 bits per heavy atom. The molecule has 7 rings (SSSR count). The van der Waals surface area contributed by atoms with Crippen LogP contribution >= 0.6 is 0 Å². The number of nitrogens with one attached hydrogen (secondary N) is 1. The van der Waals surface area contributed by atoms with E-state index in [1.54, 1.807) is 4.80 Å². The monoisotopic (exact) mass is 472 g/mol. The van der Waals surface area contributed by atoms with E-state index in [1.807, 2.05) is 42.6 Å². The minimum Gasteiger partial charge on any atom is -0.338 e. The summed E-state index contributed by atoms with van der Waals surface area (Å²) in [5, 5.41) is 12.4. The number of aromatic nitrogens is 8. The molecule has 0 radical (unpaired) electrons. The van der Waals surface area contributed by atoms with Crippen molar-refractivity contribution in [1.29, 1.82) is 0 Å². The lowest BCUT2D eigenvalue weighted by molar-refractivity contribution is 0.443. The highest BCUT2D eigenvalue weighted by Crippen LogP contribution is 2.39. The molecule has 36 heavy (non-hydrogen) atoms. The zero-order chi connectivity index (χ0) is 23.9. The second kappa shape index (κ2) is 8.64. The van der Waals surface area contributed by atoms with Crippen LogP contribution < -0.4 is 0 Å². The minimum atomic E-state index is 0.426. The predicted octanol–water partition coefficient (Wildman–Crippen LogP) is 5.86. The Balaban J connectivity index is 1.36. The molecule has 0 spiro atoms. The molecule has 0 saturated heterocycles. The molecule has 8 heteroatoms. The summed E-state index contributed by atoms with van der Waals surface area (Å²) in [6.45, 7) is 0. The van der Waals surface area contributed by atoms with Gasteiger partial charge in [-0.05, 0) is 54.3 Å². The van der Waals surface area contributed by atoms with Crippen LogP contribution in [-0.2, 0) is 0 Å². The number of fused-ring (bicyclic) bond motifs is 2. The minimum absolute atomic E-state index is 0.426. The Kier molecular flexibility index (Phi) is 5.01. The molecule has 1 N–H and O–H groups in total. The van der Waals surface area contributed by atoms with Crippen LogP contribution in [0.1, 0.15) is 43.6 Å². The fourth-order valence-electron chi connectivity index (χ4n) is 5.38. The van der Waals surface area contributed by atoms with Gasteiger partial charge in [0.05, 0.1) is 39.6 Å². The highest BCUT2D eigenvalue weighted by atomic mass is 15.6. The van der Waals surface area contributed by atoms with E-state index in [-0.39, 0.29) is 0 Å². The lowest BCUT2D eigenvalue weighted by Gasteiger charge is -2.24. The number of aromatic amines is 1. The first-order chi connectivity index (χ1) is 17.8. The highest BCUT2D eigenvalue weighted by molar-refractivity contribution is 5.88. The first-order valence-corrected chi connectivity index (χ1v) is 12.4. The molecule has 1 saturated carbocycles. The first-order valence-electron chi connectivity index (χ1n) is 12.4. The number of hydrogen-bond acceptors (Lipinski definition) is 6. The van der Waals surface area contributed by atoms with Gasteiger partial charge in [0.2, 0.25) is 0 Å². The zero-order valence-corrected chi connectivity index (χ0v) is 19.7. The van der Waals surface area contributed by atoms with E-state index in [2.05, 4.69) is 49.6 Å². The Morgan fingerprint density at radius 2 is 1.72 bits per heavy atom. The average molecular weight is 473 g/mol. The van der Waals surface area contributed by atoms with Gasteiger partial charge in [0.1, 0.15) is 5.82 Å². The van der Waals surface area contributed by atoms with E-state index < -0.39 is 0 Å². The van der Waals surface area contributed by atoms with Gasteiger partial charge in [-0.25, -0.2) is 9.97 Å². The van der Waals surface area contributed by atoms with E-state index >= 15 is 0 Å². The van der Waals surface area contributed by atoms with E-state index in [4.69, 9.17) is 9.97 Å². The van der Waals surface area contributed by atoms with Gasteiger partial charge in [-0.2, -0.15) is 0 Å². The van der Waals surface area contributed by atoms with Crippen molar-refractivity contribution in [3.05, 3.63) is 78.8 Å². The summed E-state index contributed by atoms with van der Waals surface area (Å²) in [5.74, 6) is 1.25. The molecule has 8 nitrogen and oxygen atoms in total. The van der Waals surface area contributed by atoms with Gasteiger partial charge < -0.3 is 4.98 Å². The molecule has 0 unspecified atom stereocenters. The number of rotatable bonds is 4. The lowest BCUT2D eigenvalue weighted by Crippen LogP contribution is -2.11. The van der Waals surface area contributed by atoms with Gasteiger partial charge in [-0.15, -0.1) is 15.0 Å². The Hall–Kier alpha value is -4.46. The summed E-state index contributed by atoms with van der Waals surface area (Å²) >= 11 is 0. The third-order valence-corrected chi connectivity index (χ3v) is 7.13. The van der Waals surface area contributed by atoms with E-state index in [0.717, 1.165) is 63.2 Å². The molecule has 1 fully saturated rings. The van der Waals surface area contributed by atoms with E-state index in [0.29, 0.717) is 5.92 Å². The maximum Gasteiger partial charge on any atom is 0.162 e. The summed E-state index contributed by atoms with van der Waals surface area (Å²) in [7, 11) is 0. The van der Waals surface area contributed by atoms with Gasteiger partial charge in [-0.3, -0.25) is 4.98 Å². The van der Waals surface area contributed by atoms with Crippen LogP contribution in [0.2, 0.25) is 0 Å². The predicted molar refractivity (Wildman–Crippen MR) is 139 cm³/mol. The number of nitrogens with zero attached hydrogens (tertiary/aromatic N) is 7. The smallest absolute Gasteiger partial charge is 0.162 e. The molecule has 0 bridgehead atoms. The Labute approximate surface area is 207 Å². The number of H-pyrrole nitrogens is 1. The molecular formula is C28H24N8. The topological polar surface area (TPSA) is 98.1 Å². The van der Waals surface area contributed by atoms with E-state index in [1.165, 1.54) is 31.2 Å². The third kappa shape index (κ3) is 3.62. The van der Waals surface area contributed by atoms with Crippen molar-refractivity contribution in [2.45, 2.75) is 38.0 Å². The molecular weight excluding hydrogens is 448 g/mol. The van der Waals surface area contributed by atoms with Crippen LogP contribution in [0, 0.1) is 0 Å². The van der Waals surface area contributed by atoms with Crippen molar-refractivity contribution in [3.63, 3.8) is 0 Å². The van der Waals surface area contributed by atoms with Gasteiger partial charge in [-0.1, -0.05) is 49.6 Å². The van der Waals surface area contributed by atoms with Crippen LogP contribution in [0.15, 0.2) is 73.2 Å². The maximum absolute atomic E-state index is 5.12. The number of hydrogen-bond donors (Lipinski definition) is 1. The van der Waals surface area contributed by atoms with Crippen molar-refractivity contribution in [2.75, 3.05) is 0 Å². The standard InChI is InChI=1S/C28H24N8/c1-3-7-18(8-4-1)24-16-29-21-12-11-20(15-23(21)32-24)28-33-22-13-14-25(36-31-17-30-35-36)26(27(22)34-28)19-9-5-2-6-10-19/h1,3-4,7-8,11-17,19H,2,5-6,9-10H2,(H,33,34). The summed E-state index contributed by atoms with van der Waals surface area (Å²) in [6.07, 6.45) is 9.36. The number of tetrazole rings is 1. The third-order valence-electron chi connectivity index (χ3n) is 7.13. The van der Waals surface area contributed by atoms with Gasteiger partial charge in [0.15, 0.2) is 6.33 Å². The molecule has 6 aromatic rings. The van der Waals surface area contributed by atoms with Crippen molar-refractivity contribution < 1.29 is 0 Å². The average Bonchev–Trinajstić information content (AvgIpc) is 3.63. The second-order valence-corrected chi connectivity index (χ2v) is 9.36. The van der Waals surface area contributed by atoms with Crippen LogP contribution in [0.3, 0.4) is 0 Å². The number of benzene rings is 3. The zero-order valence-electron chi connectivity index (χ0n) is 19.7. The van der Waals surface area contributed by atoms with Crippen LogP contribution in [0.25, 0.3) is 50.4 Å². The number of imidazole rings is 1. The first kappa shape index (κ1) is 20.9. The molecule has 1 aliphatic rings. The maximum atomic E-state index is 5.12. The second-order valence-electron chi connectivity index (χ2n) is 9.36. The summed E-state index contributed by atoms with van der Waals surface area (Å²) in [5.41, 5.74) is 8.75. The molecule has 3 heterocycles. The van der Waals surface area contributed by atoms with Crippen molar-refractivity contribution in [3.8, 4) is 28.3 Å². The largest absolute Gasteiger partial charge is 0.338 e. The quantitative estimate of drug-likeness (QED) is 0.345. The molecule has 0 atom stereocenters. The van der Waals surface area contributed by atoms with Crippen LogP contribution in [0.5, 0.6) is 0 Å². The fraction of sp³-hybridized carbons (Fsp3) is 0.214. The van der Waals surface area contributed by atoms with Crippen molar-refractivity contribution in [2.24, 2.45) is 0 Å². The van der Waals surface area contributed by atoms with Crippen LogP contribution in [-0.4, -0.2) is 40.1 Å². The molecule has 176 valence electrons. The lowest BCUT2D eigenvalue weighted by atomic mass is 9.83. The van der Waals surface area contributed by atoms with Crippen LogP contribution in [0.4, 0.5) is 0 Å². The summed E-state index contributed by atoms with van der Waals surface area (Å²) in [4.78, 5) is 19.8. The summed E-state index contributed by atoms with van der Waals surface area (Å²) < 4.78 is 0. The molecule has 0 aliphatic heterocycles. The Morgan fingerprint density at radius 1 is 0.833 bits per heavy atom. The molecule has 1 aliphatic carbocycles. The Bertz CT molecular complexity index is 1670. The SMILES string of the molecule is c1ccc(-c2cnc3ccc(-c4nc5c(C6CCCCC6)c(-n6ncnn6)ccc5[nH]4)cc3n2)cc1. The van der Waals surface area contributed by atoms with E-state index in [9.17, 15) is 0 Å². The molecule has 0 amide bonds. The normalized spacial score (nSPS) is 14.6. The highest BCUT2D eigenvalue weighted by Gasteiger charge is 2.25. The van der Waals surface area contributed by atoms with Crippen molar-refractivity contribution in [1.82, 2.24) is 40.1 Å². The molecule has 3 aromatic heterocycles. The van der Waals surface area contributed by atoms with Gasteiger partial charge >= 0.3 is 0 Å². The summed E-state index contributed by atoms with van der Waals surface area (Å²) in [6, 6.07) is 20.4. The van der Waals surface area contributed by atoms with Crippen molar-refractivity contribution >= 4 is 22.1 Å². The fourth-order valence-corrected chi connectivity index (χ4v) is 5.38. The van der Waals surface area contributed by atoms with Gasteiger partial charge in [0.25, 0.3) is 0 Å².